The Labute approximate surface area is 85.8 Å². The number of carbonyl (C=O) groups is 1. The third-order valence-electron chi connectivity index (χ3n) is 1.84. The van der Waals surface area contributed by atoms with E-state index in [0.717, 1.165) is 10.7 Å². The van der Waals surface area contributed by atoms with Gasteiger partial charge in [0.2, 0.25) is 0 Å². The Morgan fingerprint density at radius 1 is 1.60 bits per heavy atom. The Hall–Kier alpha value is -1.85. The van der Waals surface area contributed by atoms with Crippen molar-refractivity contribution in [1.29, 1.82) is 0 Å². The van der Waals surface area contributed by atoms with Crippen LogP contribution in [0.2, 0.25) is 0 Å². The van der Waals surface area contributed by atoms with Gasteiger partial charge in [-0.05, 0) is 0 Å². The number of aromatic hydroxyl groups is 1. The van der Waals surface area contributed by atoms with Crippen LogP contribution in [0.25, 0.3) is 0 Å². The minimum absolute atomic E-state index is 0.0781. The van der Waals surface area contributed by atoms with E-state index in [1.807, 2.05) is 0 Å². The lowest BCUT2D eigenvalue weighted by Gasteiger charge is -2.09. The number of aliphatic carboxylic acids is 1. The highest BCUT2D eigenvalue weighted by Gasteiger charge is 2.12. The van der Waals surface area contributed by atoms with Crippen LogP contribution in [0.3, 0.4) is 0 Å². The maximum absolute atomic E-state index is 11.2. The maximum Gasteiger partial charge on any atom is 0.325 e. The van der Waals surface area contributed by atoms with E-state index in [9.17, 15) is 14.7 Å². The fraction of sp³-hybridized carbons (Fsp3) is 0.444. The SMILES string of the molecule is CC(C)c1nn(CC(=O)O)c(=O)cc1O. The van der Waals surface area contributed by atoms with Crippen molar-refractivity contribution in [3.63, 3.8) is 0 Å². The summed E-state index contributed by atoms with van der Waals surface area (Å²) in [6, 6.07) is 0.977. The summed E-state index contributed by atoms with van der Waals surface area (Å²) in [6.45, 7) is 3.08. The lowest BCUT2D eigenvalue weighted by atomic mass is 10.1. The van der Waals surface area contributed by atoms with Gasteiger partial charge in [0.05, 0.1) is 0 Å². The largest absolute Gasteiger partial charge is 0.506 e. The Morgan fingerprint density at radius 3 is 2.67 bits per heavy atom. The number of hydrogen-bond donors (Lipinski definition) is 2. The van der Waals surface area contributed by atoms with Crippen molar-refractivity contribution >= 4 is 5.97 Å². The molecule has 1 aromatic heterocycles. The van der Waals surface area contributed by atoms with Crippen LogP contribution in [0.15, 0.2) is 10.9 Å². The fourth-order valence-electron chi connectivity index (χ4n) is 1.15. The van der Waals surface area contributed by atoms with Crippen LogP contribution in [0.1, 0.15) is 25.5 Å². The molecule has 0 aromatic carbocycles. The molecule has 0 fully saturated rings. The zero-order chi connectivity index (χ0) is 11.6. The Bertz CT molecular complexity index is 436. The lowest BCUT2D eigenvalue weighted by Crippen LogP contribution is -2.27. The van der Waals surface area contributed by atoms with Crippen LogP contribution >= 0.6 is 0 Å². The molecule has 1 rings (SSSR count). The van der Waals surface area contributed by atoms with Crippen molar-refractivity contribution < 1.29 is 15.0 Å². The van der Waals surface area contributed by atoms with E-state index in [1.54, 1.807) is 13.8 Å². The van der Waals surface area contributed by atoms with Gasteiger partial charge in [0.1, 0.15) is 18.0 Å². The minimum atomic E-state index is -1.15. The van der Waals surface area contributed by atoms with Gasteiger partial charge in [-0.3, -0.25) is 9.59 Å². The summed E-state index contributed by atoms with van der Waals surface area (Å²) in [7, 11) is 0. The molecule has 1 heterocycles. The van der Waals surface area contributed by atoms with Crippen LogP contribution in [-0.4, -0.2) is 26.0 Å². The van der Waals surface area contributed by atoms with Crippen molar-refractivity contribution in [3.8, 4) is 5.75 Å². The first-order valence-electron chi connectivity index (χ1n) is 4.44. The second-order valence-electron chi connectivity index (χ2n) is 3.46. The summed E-state index contributed by atoms with van der Waals surface area (Å²) < 4.78 is 0.817. The van der Waals surface area contributed by atoms with Crippen molar-refractivity contribution in [2.24, 2.45) is 0 Å². The van der Waals surface area contributed by atoms with Crippen molar-refractivity contribution in [1.82, 2.24) is 9.78 Å². The molecule has 0 atom stereocenters. The van der Waals surface area contributed by atoms with E-state index < -0.39 is 18.1 Å². The number of carboxylic acids is 1. The van der Waals surface area contributed by atoms with Crippen molar-refractivity contribution in [3.05, 3.63) is 22.1 Å². The zero-order valence-electron chi connectivity index (χ0n) is 8.47. The molecule has 0 saturated heterocycles. The summed E-state index contributed by atoms with van der Waals surface area (Å²) >= 11 is 0. The second-order valence-corrected chi connectivity index (χ2v) is 3.46. The molecule has 0 unspecified atom stereocenters. The van der Waals surface area contributed by atoms with E-state index >= 15 is 0 Å². The predicted octanol–water partition coefficient (Wildman–Crippen LogP) is 0.157. The number of hydrogen-bond acceptors (Lipinski definition) is 4. The zero-order valence-corrected chi connectivity index (χ0v) is 8.47. The first-order valence-corrected chi connectivity index (χ1v) is 4.44. The molecule has 82 valence electrons. The van der Waals surface area contributed by atoms with Gasteiger partial charge in [-0.1, -0.05) is 13.8 Å². The summed E-state index contributed by atoms with van der Waals surface area (Å²) in [5, 5.41) is 21.7. The Kier molecular flexibility index (Phi) is 3.08. The minimum Gasteiger partial charge on any atom is -0.506 e. The summed E-state index contributed by atoms with van der Waals surface area (Å²) in [4.78, 5) is 21.7. The van der Waals surface area contributed by atoms with Crippen LogP contribution in [-0.2, 0) is 11.3 Å². The molecule has 0 aliphatic carbocycles. The number of aromatic nitrogens is 2. The molecular formula is C9H12N2O4. The average Bonchev–Trinajstić information content (AvgIpc) is 2.08. The van der Waals surface area contributed by atoms with Gasteiger partial charge in [0.25, 0.3) is 5.56 Å². The van der Waals surface area contributed by atoms with Gasteiger partial charge in [0, 0.05) is 12.0 Å². The topological polar surface area (TPSA) is 92.4 Å². The van der Waals surface area contributed by atoms with Crippen LogP contribution in [0.5, 0.6) is 5.75 Å². The summed E-state index contributed by atoms with van der Waals surface area (Å²) in [5.41, 5.74) is -0.310. The Balaban J connectivity index is 3.23. The maximum atomic E-state index is 11.2. The van der Waals surface area contributed by atoms with Gasteiger partial charge in [-0.2, -0.15) is 5.10 Å². The molecule has 2 N–H and O–H groups in total. The van der Waals surface area contributed by atoms with Crippen molar-refractivity contribution in [2.45, 2.75) is 26.3 Å². The van der Waals surface area contributed by atoms with Gasteiger partial charge in [-0.15, -0.1) is 0 Å². The standard InChI is InChI=1S/C9H12N2O4/c1-5(2)9-6(12)3-7(13)11(10-9)4-8(14)15/h3,5,12H,4H2,1-2H3,(H,14,15). The molecule has 0 saturated carbocycles. The third-order valence-corrected chi connectivity index (χ3v) is 1.84. The highest BCUT2D eigenvalue weighted by Crippen LogP contribution is 2.19. The molecule has 0 aliphatic heterocycles. The number of rotatable bonds is 3. The fourth-order valence-corrected chi connectivity index (χ4v) is 1.15. The average molecular weight is 212 g/mol. The van der Waals surface area contributed by atoms with Crippen molar-refractivity contribution in [2.75, 3.05) is 0 Å². The molecule has 0 aliphatic rings. The van der Waals surface area contributed by atoms with Crippen LogP contribution < -0.4 is 5.56 Å². The third kappa shape index (κ3) is 2.55. The summed E-state index contributed by atoms with van der Waals surface area (Å²) in [6.07, 6.45) is 0. The molecular weight excluding hydrogens is 200 g/mol. The lowest BCUT2D eigenvalue weighted by molar-refractivity contribution is -0.138. The van der Waals surface area contributed by atoms with E-state index in [2.05, 4.69) is 5.10 Å². The van der Waals surface area contributed by atoms with Gasteiger partial charge < -0.3 is 10.2 Å². The monoisotopic (exact) mass is 212 g/mol. The molecule has 6 nitrogen and oxygen atoms in total. The van der Waals surface area contributed by atoms with Gasteiger partial charge >= 0.3 is 5.97 Å². The highest BCUT2D eigenvalue weighted by atomic mass is 16.4. The predicted molar refractivity (Wildman–Crippen MR) is 51.9 cm³/mol. The van der Waals surface area contributed by atoms with E-state index in [-0.39, 0.29) is 11.7 Å². The first kappa shape index (κ1) is 11.2. The number of nitrogens with zero attached hydrogens (tertiary/aromatic N) is 2. The molecule has 6 heteroatoms. The molecule has 0 spiro atoms. The molecule has 0 bridgehead atoms. The van der Waals surface area contributed by atoms with Crippen LogP contribution in [0, 0.1) is 0 Å². The van der Waals surface area contributed by atoms with Gasteiger partial charge in [-0.25, -0.2) is 4.68 Å². The van der Waals surface area contributed by atoms with Crippen LogP contribution in [0.4, 0.5) is 0 Å². The van der Waals surface area contributed by atoms with E-state index in [4.69, 9.17) is 5.11 Å². The van der Waals surface area contributed by atoms with E-state index in [0.29, 0.717) is 5.69 Å². The number of carboxylic acid groups (broad SMARTS) is 1. The highest BCUT2D eigenvalue weighted by molar-refractivity contribution is 5.66. The van der Waals surface area contributed by atoms with E-state index in [1.165, 1.54) is 0 Å². The first-order chi connectivity index (χ1) is 6.91. The smallest absolute Gasteiger partial charge is 0.325 e. The van der Waals surface area contributed by atoms with Gasteiger partial charge in [0.15, 0.2) is 0 Å². The quantitative estimate of drug-likeness (QED) is 0.744. The molecule has 0 radical (unpaired) electrons. The summed E-state index contributed by atoms with van der Waals surface area (Å²) in [5.74, 6) is -1.42. The Morgan fingerprint density at radius 2 is 2.20 bits per heavy atom. The normalized spacial score (nSPS) is 10.6. The molecule has 1 aromatic rings. The molecule has 15 heavy (non-hydrogen) atoms. The molecule has 0 amide bonds. The second kappa shape index (κ2) is 4.12.